The predicted molar refractivity (Wildman–Crippen MR) is 41.8 cm³/mol. The number of hydrogen-bond donors (Lipinski definition) is 1. The number of aromatic nitrogens is 1. The van der Waals surface area contributed by atoms with Crippen molar-refractivity contribution in [3.8, 4) is 0 Å². The van der Waals surface area contributed by atoms with Gasteiger partial charge < -0.3 is 5.32 Å². The molecule has 1 aromatic rings. The normalized spacial score (nSPS) is 10.0. The molecule has 1 aromatic heterocycles. The summed E-state index contributed by atoms with van der Waals surface area (Å²) in [5.41, 5.74) is 0.529. The van der Waals surface area contributed by atoms with Gasteiger partial charge in [-0.1, -0.05) is 0 Å². The van der Waals surface area contributed by atoms with Gasteiger partial charge in [0.05, 0.1) is 5.69 Å². The molecule has 0 amide bonds. The lowest BCUT2D eigenvalue weighted by Gasteiger charge is -1.99. The number of nitrogens with one attached hydrogen (secondary N) is 1. The molecule has 0 aliphatic rings. The third kappa shape index (κ3) is 2.27. The Morgan fingerprint density at radius 1 is 1.64 bits per heavy atom. The fourth-order valence-corrected chi connectivity index (χ4v) is 0.846. The highest BCUT2D eigenvalue weighted by Crippen LogP contribution is 2.01. The smallest absolute Gasteiger partial charge is 0.144 e. The Bertz CT molecular complexity index is 225. The molecule has 0 spiro atoms. The lowest BCUT2D eigenvalue weighted by Crippen LogP contribution is -2.12. The number of hydrogen-bond acceptors (Lipinski definition) is 2. The minimum Gasteiger partial charge on any atom is -0.319 e. The average Bonchev–Trinajstić information content (AvgIpc) is 2.03. The zero-order chi connectivity index (χ0) is 8.10. The largest absolute Gasteiger partial charge is 0.319 e. The number of rotatable bonds is 3. The molecule has 0 atom stereocenters. The standard InChI is InChI=1S/C8H11FN2/c1-10-6-4-8-7(9)3-2-5-11-8/h2-3,5,10H,4,6H2,1H3. The van der Waals surface area contributed by atoms with Crippen LogP contribution in [0.3, 0.4) is 0 Å². The van der Waals surface area contributed by atoms with Crippen molar-refractivity contribution < 1.29 is 4.39 Å². The van der Waals surface area contributed by atoms with Crippen molar-refractivity contribution in [2.75, 3.05) is 13.6 Å². The third-order valence-electron chi connectivity index (χ3n) is 1.45. The molecule has 11 heavy (non-hydrogen) atoms. The van der Waals surface area contributed by atoms with Crippen LogP contribution in [0.2, 0.25) is 0 Å². The summed E-state index contributed by atoms with van der Waals surface area (Å²) < 4.78 is 12.8. The van der Waals surface area contributed by atoms with Gasteiger partial charge in [0.25, 0.3) is 0 Å². The molecular weight excluding hydrogens is 143 g/mol. The summed E-state index contributed by atoms with van der Waals surface area (Å²) in [7, 11) is 1.83. The molecule has 0 unspecified atom stereocenters. The first-order valence-electron chi connectivity index (χ1n) is 3.58. The first kappa shape index (κ1) is 8.14. The first-order valence-corrected chi connectivity index (χ1v) is 3.58. The molecule has 0 aliphatic carbocycles. The van der Waals surface area contributed by atoms with Crippen LogP contribution in [0.25, 0.3) is 0 Å². The van der Waals surface area contributed by atoms with Gasteiger partial charge in [0.2, 0.25) is 0 Å². The van der Waals surface area contributed by atoms with E-state index in [0.29, 0.717) is 12.1 Å². The molecule has 1 N–H and O–H groups in total. The van der Waals surface area contributed by atoms with Gasteiger partial charge in [0.15, 0.2) is 0 Å². The maximum absolute atomic E-state index is 12.8. The van der Waals surface area contributed by atoms with E-state index < -0.39 is 0 Å². The Labute approximate surface area is 65.5 Å². The summed E-state index contributed by atoms with van der Waals surface area (Å²) in [6.45, 7) is 0.758. The molecule has 1 heterocycles. The summed E-state index contributed by atoms with van der Waals surface area (Å²) in [6, 6.07) is 3.02. The first-order chi connectivity index (χ1) is 5.34. The average molecular weight is 154 g/mol. The molecule has 0 fully saturated rings. The van der Waals surface area contributed by atoms with Crippen LogP contribution in [-0.2, 0) is 6.42 Å². The van der Waals surface area contributed by atoms with Crippen LogP contribution in [0.5, 0.6) is 0 Å². The summed E-state index contributed by atoms with van der Waals surface area (Å²) in [4.78, 5) is 3.90. The zero-order valence-electron chi connectivity index (χ0n) is 6.47. The molecule has 0 saturated heterocycles. The van der Waals surface area contributed by atoms with Crippen LogP contribution in [0.15, 0.2) is 18.3 Å². The molecule has 2 nitrogen and oxygen atoms in total. The van der Waals surface area contributed by atoms with E-state index in [1.807, 2.05) is 7.05 Å². The van der Waals surface area contributed by atoms with Crippen molar-refractivity contribution in [2.24, 2.45) is 0 Å². The fourth-order valence-electron chi connectivity index (χ4n) is 0.846. The number of nitrogens with zero attached hydrogens (tertiary/aromatic N) is 1. The molecule has 0 aliphatic heterocycles. The van der Waals surface area contributed by atoms with Crippen LogP contribution in [0.4, 0.5) is 4.39 Å². The van der Waals surface area contributed by atoms with E-state index in [2.05, 4.69) is 10.3 Å². The zero-order valence-corrected chi connectivity index (χ0v) is 6.47. The highest BCUT2D eigenvalue weighted by molar-refractivity contribution is 5.07. The van der Waals surface area contributed by atoms with Gasteiger partial charge in [0, 0.05) is 19.2 Å². The van der Waals surface area contributed by atoms with Crippen LogP contribution in [0.1, 0.15) is 5.69 Å². The molecule has 0 bridgehead atoms. The molecule has 0 radical (unpaired) electrons. The second kappa shape index (κ2) is 4.03. The Kier molecular flexibility index (Phi) is 2.98. The predicted octanol–water partition coefficient (Wildman–Crippen LogP) is 0.983. The van der Waals surface area contributed by atoms with Crippen LogP contribution in [0, 0.1) is 5.82 Å². The van der Waals surface area contributed by atoms with Gasteiger partial charge in [0.1, 0.15) is 5.82 Å². The topological polar surface area (TPSA) is 24.9 Å². The lowest BCUT2D eigenvalue weighted by atomic mass is 10.2. The minimum absolute atomic E-state index is 0.220. The molecule has 1 rings (SSSR count). The molecule has 3 heteroatoms. The van der Waals surface area contributed by atoms with Crippen molar-refractivity contribution in [2.45, 2.75) is 6.42 Å². The molecule has 0 saturated carbocycles. The number of halogens is 1. The SMILES string of the molecule is CNCCc1ncccc1F. The highest BCUT2D eigenvalue weighted by Gasteiger charge is 1.99. The van der Waals surface area contributed by atoms with Crippen molar-refractivity contribution in [3.05, 3.63) is 29.8 Å². The summed E-state index contributed by atoms with van der Waals surface area (Å²) in [5, 5.41) is 2.94. The summed E-state index contributed by atoms with van der Waals surface area (Å²) in [6.07, 6.45) is 2.25. The van der Waals surface area contributed by atoms with E-state index in [1.165, 1.54) is 6.07 Å². The van der Waals surface area contributed by atoms with Crippen molar-refractivity contribution in [3.63, 3.8) is 0 Å². The highest BCUT2D eigenvalue weighted by atomic mass is 19.1. The van der Waals surface area contributed by atoms with Crippen molar-refractivity contribution in [1.82, 2.24) is 10.3 Å². The molecular formula is C8H11FN2. The van der Waals surface area contributed by atoms with E-state index in [0.717, 1.165) is 6.54 Å². The van der Waals surface area contributed by atoms with E-state index in [4.69, 9.17) is 0 Å². The van der Waals surface area contributed by atoms with Gasteiger partial charge in [-0.2, -0.15) is 0 Å². The monoisotopic (exact) mass is 154 g/mol. The number of pyridine rings is 1. The molecule has 60 valence electrons. The van der Waals surface area contributed by atoms with Gasteiger partial charge in [-0.05, 0) is 19.2 Å². The quantitative estimate of drug-likeness (QED) is 0.702. The minimum atomic E-state index is -0.220. The van der Waals surface area contributed by atoms with Gasteiger partial charge in [-0.15, -0.1) is 0 Å². The van der Waals surface area contributed by atoms with Gasteiger partial charge in [-0.3, -0.25) is 4.98 Å². The Hall–Kier alpha value is -0.960. The maximum atomic E-state index is 12.8. The van der Waals surface area contributed by atoms with E-state index in [1.54, 1.807) is 12.3 Å². The Balaban J connectivity index is 2.62. The van der Waals surface area contributed by atoms with Gasteiger partial charge >= 0.3 is 0 Å². The van der Waals surface area contributed by atoms with Crippen molar-refractivity contribution in [1.29, 1.82) is 0 Å². The summed E-state index contributed by atoms with van der Waals surface area (Å²) in [5.74, 6) is -0.220. The third-order valence-corrected chi connectivity index (χ3v) is 1.45. The van der Waals surface area contributed by atoms with Crippen LogP contribution in [-0.4, -0.2) is 18.6 Å². The van der Waals surface area contributed by atoms with Crippen LogP contribution >= 0.6 is 0 Å². The van der Waals surface area contributed by atoms with Crippen LogP contribution < -0.4 is 5.32 Å². The second-order valence-corrected chi connectivity index (χ2v) is 2.29. The van der Waals surface area contributed by atoms with E-state index in [9.17, 15) is 4.39 Å². The van der Waals surface area contributed by atoms with Crippen molar-refractivity contribution >= 4 is 0 Å². The van der Waals surface area contributed by atoms with Gasteiger partial charge in [-0.25, -0.2) is 4.39 Å². The lowest BCUT2D eigenvalue weighted by molar-refractivity contribution is 0.593. The second-order valence-electron chi connectivity index (χ2n) is 2.29. The Morgan fingerprint density at radius 3 is 3.09 bits per heavy atom. The number of likely N-dealkylation sites (N-methyl/N-ethyl adjacent to an activating group) is 1. The molecule has 0 aromatic carbocycles. The Morgan fingerprint density at radius 2 is 2.45 bits per heavy atom. The van der Waals surface area contributed by atoms with E-state index >= 15 is 0 Å². The summed E-state index contributed by atoms with van der Waals surface area (Å²) >= 11 is 0. The fraction of sp³-hybridized carbons (Fsp3) is 0.375. The van der Waals surface area contributed by atoms with E-state index in [-0.39, 0.29) is 5.82 Å². The maximum Gasteiger partial charge on any atom is 0.144 e.